The maximum atomic E-state index is 11.8. The molecule has 0 saturated carbocycles. The lowest BCUT2D eigenvalue weighted by Gasteiger charge is -2.44. The van der Waals surface area contributed by atoms with E-state index < -0.39 is 5.60 Å². The molecular formula is C14H20N2O2. The van der Waals surface area contributed by atoms with Crippen LogP contribution in [0.5, 0.6) is 0 Å². The second-order valence-corrected chi connectivity index (χ2v) is 5.30. The van der Waals surface area contributed by atoms with Crippen LogP contribution in [0.2, 0.25) is 0 Å². The number of nitrogens with two attached hydrogens (primary N) is 1. The summed E-state index contributed by atoms with van der Waals surface area (Å²) in [6, 6.07) is 9.70. The minimum atomic E-state index is -0.697. The first kappa shape index (κ1) is 13.1. The third-order valence-corrected chi connectivity index (χ3v) is 3.31. The van der Waals surface area contributed by atoms with Crippen molar-refractivity contribution in [2.24, 2.45) is 5.73 Å². The fourth-order valence-corrected chi connectivity index (χ4v) is 2.26. The zero-order valence-corrected chi connectivity index (χ0v) is 10.7. The van der Waals surface area contributed by atoms with Crippen molar-refractivity contribution in [1.29, 1.82) is 0 Å². The molecule has 0 spiro atoms. The van der Waals surface area contributed by atoms with E-state index in [1.54, 1.807) is 11.8 Å². The van der Waals surface area contributed by atoms with Gasteiger partial charge in [0.2, 0.25) is 5.91 Å². The van der Waals surface area contributed by atoms with E-state index in [4.69, 9.17) is 5.73 Å². The van der Waals surface area contributed by atoms with Crippen LogP contribution in [0, 0.1) is 0 Å². The number of hydrogen-bond acceptors (Lipinski definition) is 3. The van der Waals surface area contributed by atoms with Crippen molar-refractivity contribution in [3.05, 3.63) is 35.9 Å². The Morgan fingerprint density at radius 1 is 1.44 bits per heavy atom. The minimum Gasteiger partial charge on any atom is -0.386 e. The van der Waals surface area contributed by atoms with E-state index in [1.807, 2.05) is 30.3 Å². The third kappa shape index (κ3) is 3.09. The summed E-state index contributed by atoms with van der Waals surface area (Å²) in [5.74, 6) is 0.0768. The average Bonchev–Trinajstić information content (AvgIpc) is 2.33. The third-order valence-electron chi connectivity index (χ3n) is 3.31. The van der Waals surface area contributed by atoms with Gasteiger partial charge >= 0.3 is 0 Å². The molecule has 1 aliphatic heterocycles. The van der Waals surface area contributed by atoms with Crippen LogP contribution in [0.4, 0.5) is 0 Å². The summed E-state index contributed by atoms with van der Waals surface area (Å²) in [6.07, 6.45) is 1.08. The van der Waals surface area contributed by atoms with Crippen molar-refractivity contribution in [3.8, 4) is 0 Å². The predicted molar refractivity (Wildman–Crippen MR) is 69.8 cm³/mol. The summed E-state index contributed by atoms with van der Waals surface area (Å²) in [6.45, 7) is 2.62. The molecule has 1 amide bonds. The Morgan fingerprint density at radius 2 is 2.06 bits per heavy atom. The summed E-state index contributed by atoms with van der Waals surface area (Å²) < 4.78 is 0. The summed E-state index contributed by atoms with van der Waals surface area (Å²) >= 11 is 0. The normalized spacial score (nSPS) is 19.2. The first-order valence-corrected chi connectivity index (χ1v) is 6.29. The maximum Gasteiger partial charge on any atom is 0.222 e. The second kappa shape index (κ2) is 5.08. The highest BCUT2D eigenvalue weighted by Gasteiger charge is 2.38. The average molecular weight is 248 g/mol. The van der Waals surface area contributed by atoms with Gasteiger partial charge in [-0.15, -0.1) is 0 Å². The molecule has 1 heterocycles. The molecule has 0 bridgehead atoms. The van der Waals surface area contributed by atoms with Crippen LogP contribution in [-0.2, 0) is 4.79 Å². The molecule has 0 radical (unpaired) electrons. The molecule has 1 fully saturated rings. The monoisotopic (exact) mass is 248 g/mol. The summed E-state index contributed by atoms with van der Waals surface area (Å²) in [7, 11) is 0. The summed E-state index contributed by atoms with van der Waals surface area (Å²) in [4.78, 5) is 13.5. The van der Waals surface area contributed by atoms with Gasteiger partial charge in [-0.25, -0.2) is 0 Å². The smallest absolute Gasteiger partial charge is 0.222 e. The van der Waals surface area contributed by atoms with Crippen molar-refractivity contribution >= 4 is 5.91 Å². The van der Waals surface area contributed by atoms with Gasteiger partial charge in [-0.1, -0.05) is 30.3 Å². The van der Waals surface area contributed by atoms with Crippen molar-refractivity contribution in [3.63, 3.8) is 0 Å². The van der Waals surface area contributed by atoms with Crippen LogP contribution in [0.25, 0.3) is 0 Å². The lowest BCUT2D eigenvalue weighted by molar-refractivity contribution is -0.152. The molecule has 2 rings (SSSR count). The molecule has 98 valence electrons. The molecule has 1 aliphatic rings. The van der Waals surface area contributed by atoms with Gasteiger partial charge in [-0.3, -0.25) is 4.79 Å². The molecule has 4 heteroatoms. The van der Waals surface area contributed by atoms with Crippen LogP contribution in [0.1, 0.15) is 31.4 Å². The van der Waals surface area contributed by atoms with Crippen LogP contribution in [-0.4, -0.2) is 34.6 Å². The van der Waals surface area contributed by atoms with Crippen molar-refractivity contribution < 1.29 is 9.90 Å². The molecule has 4 nitrogen and oxygen atoms in total. The lowest BCUT2D eigenvalue weighted by Crippen LogP contribution is -2.61. The van der Waals surface area contributed by atoms with E-state index in [9.17, 15) is 9.90 Å². The Hall–Kier alpha value is -1.39. The number of aliphatic hydroxyl groups is 1. The van der Waals surface area contributed by atoms with Gasteiger partial charge in [0.15, 0.2) is 0 Å². The van der Waals surface area contributed by atoms with Gasteiger partial charge in [0.05, 0.1) is 18.7 Å². The predicted octanol–water partition coefficient (Wildman–Crippen LogP) is 1.06. The highest BCUT2D eigenvalue weighted by molar-refractivity contribution is 5.77. The standard InChI is InChI=1S/C14H20N2O2/c1-14(18)9-16(10-14)13(17)8-7-12(15)11-5-3-2-4-6-11/h2-6,12,18H,7-10,15H2,1H3. The highest BCUT2D eigenvalue weighted by Crippen LogP contribution is 2.22. The van der Waals surface area contributed by atoms with Crippen LogP contribution >= 0.6 is 0 Å². The first-order chi connectivity index (χ1) is 8.48. The highest BCUT2D eigenvalue weighted by atomic mass is 16.3. The van der Waals surface area contributed by atoms with Gasteiger partial charge in [-0.2, -0.15) is 0 Å². The Morgan fingerprint density at radius 3 is 2.61 bits per heavy atom. The second-order valence-electron chi connectivity index (χ2n) is 5.30. The van der Waals surface area contributed by atoms with Gasteiger partial charge in [-0.05, 0) is 18.9 Å². The minimum absolute atomic E-state index is 0.0768. The van der Waals surface area contributed by atoms with Crippen molar-refractivity contribution in [2.45, 2.75) is 31.4 Å². The molecule has 0 aliphatic carbocycles. The maximum absolute atomic E-state index is 11.8. The number of hydrogen-bond donors (Lipinski definition) is 2. The molecule has 3 N–H and O–H groups in total. The largest absolute Gasteiger partial charge is 0.386 e. The molecule has 1 aromatic carbocycles. The molecular weight excluding hydrogens is 228 g/mol. The van der Waals surface area contributed by atoms with E-state index in [2.05, 4.69) is 0 Å². The van der Waals surface area contributed by atoms with E-state index in [0.29, 0.717) is 25.9 Å². The number of rotatable bonds is 4. The van der Waals surface area contributed by atoms with Crippen LogP contribution < -0.4 is 5.73 Å². The number of benzene rings is 1. The van der Waals surface area contributed by atoms with Gasteiger partial charge in [0, 0.05) is 12.5 Å². The Labute approximate surface area is 107 Å². The topological polar surface area (TPSA) is 66.6 Å². The summed E-state index contributed by atoms with van der Waals surface area (Å²) in [5, 5.41) is 9.57. The van der Waals surface area contributed by atoms with E-state index in [1.165, 1.54) is 0 Å². The van der Waals surface area contributed by atoms with E-state index in [-0.39, 0.29) is 11.9 Å². The quantitative estimate of drug-likeness (QED) is 0.837. The SMILES string of the molecule is CC1(O)CN(C(=O)CCC(N)c2ccccc2)C1. The van der Waals surface area contributed by atoms with Gasteiger partial charge in [0.1, 0.15) is 0 Å². The zero-order chi connectivity index (χ0) is 13.2. The fraction of sp³-hybridized carbons (Fsp3) is 0.500. The summed E-state index contributed by atoms with van der Waals surface area (Å²) in [5.41, 5.74) is 6.40. The molecule has 1 unspecified atom stereocenters. The number of carbonyl (C=O) groups excluding carboxylic acids is 1. The Bertz CT molecular complexity index is 409. The van der Waals surface area contributed by atoms with Crippen molar-refractivity contribution in [2.75, 3.05) is 13.1 Å². The molecule has 1 saturated heterocycles. The van der Waals surface area contributed by atoms with Gasteiger partial charge in [0.25, 0.3) is 0 Å². The number of nitrogens with zero attached hydrogens (tertiary/aromatic N) is 1. The number of β-amino-alcohol motifs (C(OH)–C–C–N with tert-alkyl or cyclic N) is 1. The number of amides is 1. The molecule has 1 aromatic rings. The van der Waals surface area contributed by atoms with Crippen molar-refractivity contribution in [1.82, 2.24) is 4.90 Å². The lowest BCUT2D eigenvalue weighted by atomic mass is 9.95. The Kier molecular flexibility index (Phi) is 3.68. The molecule has 1 atom stereocenters. The zero-order valence-electron chi connectivity index (χ0n) is 10.7. The van der Waals surface area contributed by atoms with E-state index >= 15 is 0 Å². The van der Waals surface area contributed by atoms with Crippen LogP contribution in [0.3, 0.4) is 0 Å². The van der Waals surface area contributed by atoms with E-state index in [0.717, 1.165) is 5.56 Å². The Balaban J connectivity index is 1.77. The molecule has 18 heavy (non-hydrogen) atoms. The van der Waals surface area contributed by atoms with Gasteiger partial charge < -0.3 is 15.7 Å². The number of carbonyl (C=O) groups is 1. The van der Waals surface area contributed by atoms with Crippen LogP contribution in [0.15, 0.2) is 30.3 Å². The number of likely N-dealkylation sites (tertiary alicyclic amines) is 1. The molecule has 0 aromatic heterocycles. The first-order valence-electron chi connectivity index (χ1n) is 6.29. The fourth-order valence-electron chi connectivity index (χ4n) is 2.26.